The van der Waals surface area contributed by atoms with Crippen LogP contribution in [0.4, 0.5) is 0 Å². The third-order valence-electron chi connectivity index (χ3n) is 4.55. The predicted molar refractivity (Wildman–Crippen MR) is 72.2 cm³/mol. The predicted octanol–water partition coefficient (Wildman–Crippen LogP) is 3.36. The minimum absolute atomic E-state index is 0.792. The minimum atomic E-state index is 0.792. The zero-order valence-electron chi connectivity index (χ0n) is 11.4. The highest BCUT2D eigenvalue weighted by Crippen LogP contribution is 2.32. The molecule has 2 nitrogen and oxygen atoms in total. The van der Waals surface area contributed by atoms with Gasteiger partial charge in [-0.2, -0.15) is 0 Å². The van der Waals surface area contributed by atoms with Gasteiger partial charge in [0.05, 0.1) is 0 Å². The summed E-state index contributed by atoms with van der Waals surface area (Å²) in [5.74, 6) is 1.88. The van der Waals surface area contributed by atoms with Crippen molar-refractivity contribution in [2.24, 2.45) is 11.8 Å². The molecule has 1 aliphatic carbocycles. The number of hydrogen-bond acceptors (Lipinski definition) is 2. The van der Waals surface area contributed by atoms with Gasteiger partial charge in [-0.25, -0.2) is 0 Å². The molecule has 2 fully saturated rings. The number of nitrogens with one attached hydrogen (secondary N) is 1. The van der Waals surface area contributed by atoms with E-state index >= 15 is 0 Å². The second-order valence-electron chi connectivity index (χ2n) is 5.90. The second-order valence-corrected chi connectivity index (χ2v) is 5.90. The molecule has 2 rings (SSSR count). The van der Waals surface area contributed by atoms with E-state index in [1.165, 1.54) is 57.9 Å². The molecule has 2 aliphatic rings. The highest BCUT2D eigenvalue weighted by atomic mass is 16.5. The molecule has 1 atom stereocenters. The largest absolute Gasteiger partial charge is 0.381 e. The number of hydrogen-bond donors (Lipinski definition) is 1. The van der Waals surface area contributed by atoms with Crippen molar-refractivity contribution in [3.8, 4) is 0 Å². The Morgan fingerprint density at radius 2 is 1.82 bits per heavy atom. The molecule has 1 aliphatic heterocycles. The summed E-state index contributed by atoms with van der Waals surface area (Å²) in [5.41, 5.74) is 0. The minimum Gasteiger partial charge on any atom is -0.381 e. The van der Waals surface area contributed by atoms with E-state index < -0.39 is 0 Å². The summed E-state index contributed by atoms with van der Waals surface area (Å²) in [7, 11) is 0. The molecule has 1 N–H and O–H groups in total. The molecule has 0 bridgehead atoms. The van der Waals surface area contributed by atoms with Crippen molar-refractivity contribution in [3.05, 3.63) is 0 Å². The Morgan fingerprint density at radius 1 is 1.12 bits per heavy atom. The van der Waals surface area contributed by atoms with Gasteiger partial charge in [0.15, 0.2) is 0 Å². The van der Waals surface area contributed by atoms with E-state index in [1.807, 2.05) is 0 Å². The summed E-state index contributed by atoms with van der Waals surface area (Å²) in [6, 6.07) is 0.792. The molecular formula is C15H29NO. The van der Waals surface area contributed by atoms with E-state index in [-0.39, 0.29) is 0 Å². The first kappa shape index (κ1) is 13.4. The molecule has 2 heteroatoms. The molecule has 0 amide bonds. The molecule has 100 valence electrons. The van der Waals surface area contributed by atoms with Crippen LogP contribution < -0.4 is 5.32 Å². The smallest absolute Gasteiger partial charge is 0.0468 e. The Hall–Kier alpha value is -0.0800. The van der Waals surface area contributed by atoms with Gasteiger partial charge in [-0.3, -0.25) is 0 Å². The molecule has 0 aromatic rings. The van der Waals surface area contributed by atoms with Gasteiger partial charge >= 0.3 is 0 Å². The fourth-order valence-corrected chi connectivity index (χ4v) is 3.47. The van der Waals surface area contributed by atoms with Gasteiger partial charge in [0.1, 0.15) is 0 Å². The van der Waals surface area contributed by atoms with E-state index in [4.69, 9.17) is 4.74 Å². The topological polar surface area (TPSA) is 21.3 Å². The van der Waals surface area contributed by atoms with Crippen LogP contribution in [-0.2, 0) is 4.74 Å². The van der Waals surface area contributed by atoms with Crippen molar-refractivity contribution in [1.82, 2.24) is 5.32 Å². The van der Waals surface area contributed by atoms with Gasteiger partial charge in [-0.1, -0.05) is 19.8 Å². The van der Waals surface area contributed by atoms with Gasteiger partial charge in [-0.15, -0.1) is 0 Å². The standard InChI is InChI=1S/C15H29NO/c1-2-9-16-15(14-5-3-4-6-14)12-13-7-10-17-11-8-13/h13-16H,2-12H2,1H3. The highest BCUT2D eigenvalue weighted by Gasteiger charge is 2.27. The van der Waals surface area contributed by atoms with Gasteiger partial charge < -0.3 is 10.1 Å². The molecule has 0 aromatic carbocycles. The van der Waals surface area contributed by atoms with Crippen LogP contribution in [-0.4, -0.2) is 25.8 Å². The van der Waals surface area contributed by atoms with Crippen molar-refractivity contribution >= 4 is 0 Å². The lowest BCUT2D eigenvalue weighted by atomic mass is 9.85. The average Bonchev–Trinajstić information content (AvgIpc) is 2.89. The molecular weight excluding hydrogens is 210 g/mol. The Morgan fingerprint density at radius 3 is 2.47 bits per heavy atom. The zero-order valence-corrected chi connectivity index (χ0v) is 11.4. The lowest BCUT2D eigenvalue weighted by molar-refractivity contribution is 0.0579. The van der Waals surface area contributed by atoms with Crippen LogP contribution in [0.25, 0.3) is 0 Å². The van der Waals surface area contributed by atoms with Crippen molar-refractivity contribution in [1.29, 1.82) is 0 Å². The van der Waals surface area contributed by atoms with Crippen LogP contribution in [0, 0.1) is 11.8 Å². The maximum absolute atomic E-state index is 5.47. The summed E-state index contributed by atoms with van der Waals surface area (Å²) in [4.78, 5) is 0. The van der Waals surface area contributed by atoms with Crippen LogP contribution in [0.1, 0.15) is 58.3 Å². The van der Waals surface area contributed by atoms with E-state index in [1.54, 1.807) is 0 Å². The lowest BCUT2D eigenvalue weighted by Crippen LogP contribution is -2.38. The summed E-state index contributed by atoms with van der Waals surface area (Å²) >= 11 is 0. The van der Waals surface area contributed by atoms with Crippen molar-refractivity contribution < 1.29 is 4.74 Å². The monoisotopic (exact) mass is 239 g/mol. The van der Waals surface area contributed by atoms with Gasteiger partial charge in [0, 0.05) is 19.3 Å². The summed E-state index contributed by atoms with van der Waals surface area (Å²) in [5, 5.41) is 3.82. The lowest BCUT2D eigenvalue weighted by Gasteiger charge is -2.31. The fourth-order valence-electron chi connectivity index (χ4n) is 3.47. The van der Waals surface area contributed by atoms with Gasteiger partial charge in [0.25, 0.3) is 0 Å². The Bertz CT molecular complexity index is 195. The third-order valence-corrected chi connectivity index (χ3v) is 4.55. The Balaban J connectivity index is 1.80. The van der Waals surface area contributed by atoms with E-state index in [9.17, 15) is 0 Å². The normalized spacial score (nSPS) is 25.2. The Kier molecular flexibility index (Phi) is 5.79. The van der Waals surface area contributed by atoms with Crippen molar-refractivity contribution in [2.45, 2.75) is 64.3 Å². The average molecular weight is 239 g/mol. The van der Waals surface area contributed by atoms with E-state index in [0.29, 0.717) is 0 Å². The van der Waals surface area contributed by atoms with Crippen LogP contribution in [0.3, 0.4) is 0 Å². The highest BCUT2D eigenvalue weighted by molar-refractivity contribution is 4.83. The SMILES string of the molecule is CCCNC(CC1CCOCC1)C1CCCC1. The van der Waals surface area contributed by atoms with E-state index in [0.717, 1.165) is 31.1 Å². The van der Waals surface area contributed by atoms with Crippen LogP contribution in [0.15, 0.2) is 0 Å². The fraction of sp³-hybridized carbons (Fsp3) is 1.00. The molecule has 0 radical (unpaired) electrons. The molecule has 17 heavy (non-hydrogen) atoms. The van der Waals surface area contributed by atoms with E-state index in [2.05, 4.69) is 12.2 Å². The molecule has 1 unspecified atom stereocenters. The molecule has 0 spiro atoms. The summed E-state index contributed by atoms with van der Waals surface area (Å²) in [6.07, 6.45) is 11.1. The van der Waals surface area contributed by atoms with Crippen molar-refractivity contribution in [2.75, 3.05) is 19.8 Å². The second kappa shape index (κ2) is 7.38. The maximum Gasteiger partial charge on any atom is 0.0468 e. The van der Waals surface area contributed by atoms with Gasteiger partial charge in [-0.05, 0) is 56.9 Å². The first-order valence-corrected chi connectivity index (χ1v) is 7.71. The van der Waals surface area contributed by atoms with Crippen LogP contribution in [0.5, 0.6) is 0 Å². The van der Waals surface area contributed by atoms with Crippen molar-refractivity contribution in [3.63, 3.8) is 0 Å². The molecule has 1 saturated carbocycles. The Labute approximate surface area is 107 Å². The summed E-state index contributed by atoms with van der Waals surface area (Å²) < 4.78 is 5.47. The zero-order chi connectivity index (χ0) is 11.9. The first-order valence-electron chi connectivity index (χ1n) is 7.71. The maximum atomic E-state index is 5.47. The molecule has 1 saturated heterocycles. The quantitative estimate of drug-likeness (QED) is 0.767. The van der Waals surface area contributed by atoms with Crippen LogP contribution >= 0.6 is 0 Å². The van der Waals surface area contributed by atoms with Gasteiger partial charge in [0.2, 0.25) is 0 Å². The first-order chi connectivity index (χ1) is 8.40. The summed E-state index contributed by atoms with van der Waals surface area (Å²) in [6.45, 7) is 5.46. The molecule has 0 aromatic heterocycles. The number of rotatable bonds is 6. The van der Waals surface area contributed by atoms with Crippen LogP contribution in [0.2, 0.25) is 0 Å². The third kappa shape index (κ3) is 4.26. The number of ether oxygens (including phenoxy) is 1. The molecule has 1 heterocycles.